The zero-order valence-electron chi connectivity index (χ0n) is 9.19. The Labute approximate surface area is 89.5 Å². The van der Waals surface area contributed by atoms with Gasteiger partial charge in [0.15, 0.2) is 5.96 Å². The van der Waals surface area contributed by atoms with Crippen LogP contribution >= 0.6 is 0 Å². The maximum absolute atomic E-state index is 11.5. The van der Waals surface area contributed by atoms with Crippen molar-refractivity contribution >= 4 is 11.9 Å². The number of rotatable bonds is 2. The molecule has 0 aromatic rings. The molecule has 1 saturated heterocycles. The SMILES string of the molecule is CCOC(=O)C1CN=C2NC(C)CN2C1. The third-order valence-electron chi connectivity index (χ3n) is 2.69. The van der Waals surface area contributed by atoms with Crippen molar-refractivity contribution in [3.8, 4) is 0 Å². The molecule has 0 aliphatic carbocycles. The van der Waals surface area contributed by atoms with Crippen molar-refractivity contribution in [2.45, 2.75) is 19.9 Å². The average molecular weight is 211 g/mol. The number of carbonyl (C=O) groups excluding carboxylic acids is 1. The van der Waals surface area contributed by atoms with E-state index in [1.165, 1.54) is 0 Å². The molecule has 0 saturated carbocycles. The molecule has 0 bridgehead atoms. The van der Waals surface area contributed by atoms with E-state index in [9.17, 15) is 4.79 Å². The Balaban J connectivity index is 1.97. The van der Waals surface area contributed by atoms with E-state index in [-0.39, 0.29) is 11.9 Å². The second-order valence-electron chi connectivity index (χ2n) is 4.06. The Morgan fingerprint density at radius 2 is 2.47 bits per heavy atom. The van der Waals surface area contributed by atoms with E-state index in [0.29, 0.717) is 19.2 Å². The average Bonchev–Trinajstić information content (AvgIpc) is 2.57. The van der Waals surface area contributed by atoms with Crippen LogP contribution < -0.4 is 5.32 Å². The number of esters is 1. The molecular formula is C10H17N3O2. The van der Waals surface area contributed by atoms with Crippen LogP contribution in [-0.2, 0) is 9.53 Å². The number of aliphatic imine (C=N–C) groups is 1. The summed E-state index contributed by atoms with van der Waals surface area (Å²) in [6.45, 7) is 6.59. The first-order chi connectivity index (χ1) is 7.20. The van der Waals surface area contributed by atoms with E-state index < -0.39 is 0 Å². The Bertz CT molecular complexity index is 290. The van der Waals surface area contributed by atoms with Crippen molar-refractivity contribution in [1.29, 1.82) is 0 Å². The largest absolute Gasteiger partial charge is 0.466 e. The van der Waals surface area contributed by atoms with Crippen LogP contribution in [0, 0.1) is 5.92 Å². The van der Waals surface area contributed by atoms with Crippen molar-refractivity contribution in [3.05, 3.63) is 0 Å². The van der Waals surface area contributed by atoms with E-state index in [1.54, 1.807) is 0 Å². The summed E-state index contributed by atoms with van der Waals surface area (Å²) < 4.78 is 5.00. The molecule has 2 aliphatic heterocycles. The lowest BCUT2D eigenvalue weighted by Crippen LogP contribution is -2.42. The van der Waals surface area contributed by atoms with E-state index in [2.05, 4.69) is 22.1 Å². The molecular weight excluding hydrogens is 194 g/mol. The first-order valence-corrected chi connectivity index (χ1v) is 5.43. The second-order valence-corrected chi connectivity index (χ2v) is 4.06. The topological polar surface area (TPSA) is 53.9 Å². The highest BCUT2D eigenvalue weighted by Crippen LogP contribution is 2.15. The molecule has 5 heteroatoms. The number of hydrogen-bond acceptors (Lipinski definition) is 5. The zero-order chi connectivity index (χ0) is 10.8. The number of carbonyl (C=O) groups is 1. The Hall–Kier alpha value is -1.26. The predicted octanol–water partition coefficient (Wildman–Crippen LogP) is -0.171. The summed E-state index contributed by atoms with van der Waals surface area (Å²) in [4.78, 5) is 18.0. The Kier molecular flexibility index (Phi) is 2.79. The predicted molar refractivity (Wildman–Crippen MR) is 56.6 cm³/mol. The molecule has 0 spiro atoms. The minimum Gasteiger partial charge on any atom is -0.466 e. The Morgan fingerprint density at radius 3 is 3.20 bits per heavy atom. The third-order valence-corrected chi connectivity index (χ3v) is 2.69. The maximum atomic E-state index is 11.5. The van der Waals surface area contributed by atoms with Gasteiger partial charge >= 0.3 is 5.97 Å². The number of guanidine groups is 1. The van der Waals surface area contributed by atoms with Gasteiger partial charge < -0.3 is 15.0 Å². The molecule has 2 heterocycles. The van der Waals surface area contributed by atoms with Crippen LogP contribution in [0.1, 0.15) is 13.8 Å². The first-order valence-electron chi connectivity index (χ1n) is 5.43. The molecule has 0 radical (unpaired) electrons. The fourth-order valence-corrected chi connectivity index (χ4v) is 2.01. The lowest BCUT2D eigenvalue weighted by Gasteiger charge is -2.26. The summed E-state index contributed by atoms with van der Waals surface area (Å²) in [5, 5.41) is 3.27. The molecule has 1 fully saturated rings. The van der Waals surface area contributed by atoms with E-state index in [4.69, 9.17) is 4.74 Å². The molecule has 2 rings (SSSR count). The quantitative estimate of drug-likeness (QED) is 0.644. The lowest BCUT2D eigenvalue weighted by atomic mass is 10.1. The van der Waals surface area contributed by atoms with Crippen LogP contribution in [0.3, 0.4) is 0 Å². The molecule has 0 aromatic heterocycles. The number of nitrogens with zero attached hydrogens (tertiary/aromatic N) is 2. The smallest absolute Gasteiger partial charge is 0.312 e. The number of nitrogens with one attached hydrogen (secondary N) is 1. The van der Waals surface area contributed by atoms with Crippen LogP contribution in [0.2, 0.25) is 0 Å². The van der Waals surface area contributed by atoms with Gasteiger partial charge in [0.05, 0.1) is 19.1 Å². The number of hydrogen-bond donors (Lipinski definition) is 1. The van der Waals surface area contributed by atoms with Crippen molar-refractivity contribution in [1.82, 2.24) is 10.2 Å². The minimum atomic E-state index is -0.125. The van der Waals surface area contributed by atoms with Gasteiger partial charge in [0.25, 0.3) is 0 Å². The van der Waals surface area contributed by atoms with Gasteiger partial charge in [-0.15, -0.1) is 0 Å². The molecule has 5 nitrogen and oxygen atoms in total. The summed E-state index contributed by atoms with van der Waals surface area (Å²) in [5.41, 5.74) is 0. The molecule has 2 unspecified atom stereocenters. The number of fused-ring (bicyclic) bond motifs is 1. The molecule has 2 aliphatic rings. The fourth-order valence-electron chi connectivity index (χ4n) is 2.01. The van der Waals surface area contributed by atoms with Crippen molar-refractivity contribution in [3.63, 3.8) is 0 Å². The highest BCUT2D eigenvalue weighted by Gasteiger charge is 2.33. The van der Waals surface area contributed by atoms with Gasteiger partial charge in [-0.3, -0.25) is 9.79 Å². The molecule has 1 N–H and O–H groups in total. The highest BCUT2D eigenvalue weighted by molar-refractivity contribution is 5.85. The summed E-state index contributed by atoms with van der Waals surface area (Å²) >= 11 is 0. The number of ether oxygens (including phenoxy) is 1. The van der Waals surface area contributed by atoms with Crippen molar-refractivity contribution in [2.75, 3.05) is 26.2 Å². The van der Waals surface area contributed by atoms with Gasteiger partial charge in [-0.2, -0.15) is 0 Å². The summed E-state index contributed by atoms with van der Waals surface area (Å²) in [6, 6.07) is 0.421. The standard InChI is InChI=1S/C10H17N3O2/c1-3-15-9(14)8-4-11-10-12-7(2)5-13(10)6-8/h7-8H,3-6H2,1-2H3,(H,11,12). The van der Waals surface area contributed by atoms with Crippen LogP contribution in [0.15, 0.2) is 4.99 Å². The highest BCUT2D eigenvalue weighted by atomic mass is 16.5. The van der Waals surface area contributed by atoms with Gasteiger partial charge in [-0.25, -0.2) is 0 Å². The molecule has 84 valence electrons. The van der Waals surface area contributed by atoms with Gasteiger partial charge in [0.1, 0.15) is 0 Å². The van der Waals surface area contributed by atoms with E-state index >= 15 is 0 Å². The lowest BCUT2D eigenvalue weighted by molar-refractivity contribution is -0.148. The molecule has 0 amide bonds. The molecule has 0 aromatic carbocycles. The monoisotopic (exact) mass is 211 g/mol. The zero-order valence-corrected chi connectivity index (χ0v) is 9.19. The van der Waals surface area contributed by atoms with Crippen LogP contribution in [0.5, 0.6) is 0 Å². The summed E-state index contributed by atoms with van der Waals surface area (Å²) in [6.07, 6.45) is 0. The van der Waals surface area contributed by atoms with Gasteiger partial charge in [0.2, 0.25) is 0 Å². The van der Waals surface area contributed by atoms with E-state index in [1.807, 2.05) is 6.92 Å². The van der Waals surface area contributed by atoms with Crippen LogP contribution in [0.25, 0.3) is 0 Å². The second kappa shape index (κ2) is 4.08. The minimum absolute atomic E-state index is 0.0965. The first kappa shape index (κ1) is 10.3. The van der Waals surface area contributed by atoms with Crippen LogP contribution in [-0.4, -0.2) is 49.1 Å². The van der Waals surface area contributed by atoms with Crippen LogP contribution in [0.4, 0.5) is 0 Å². The Morgan fingerprint density at radius 1 is 1.67 bits per heavy atom. The van der Waals surface area contributed by atoms with Gasteiger partial charge in [0, 0.05) is 19.1 Å². The molecule has 2 atom stereocenters. The van der Waals surface area contributed by atoms with Gasteiger partial charge in [-0.1, -0.05) is 0 Å². The van der Waals surface area contributed by atoms with E-state index in [0.717, 1.165) is 19.0 Å². The summed E-state index contributed by atoms with van der Waals surface area (Å²) in [5.74, 6) is 0.712. The third kappa shape index (κ3) is 2.06. The van der Waals surface area contributed by atoms with Crippen molar-refractivity contribution in [2.24, 2.45) is 10.9 Å². The maximum Gasteiger partial charge on any atom is 0.312 e. The van der Waals surface area contributed by atoms with Crippen molar-refractivity contribution < 1.29 is 9.53 Å². The normalized spacial score (nSPS) is 29.2. The molecule has 15 heavy (non-hydrogen) atoms. The summed E-state index contributed by atoms with van der Waals surface area (Å²) in [7, 11) is 0. The van der Waals surface area contributed by atoms with Gasteiger partial charge in [-0.05, 0) is 13.8 Å². The fraction of sp³-hybridized carbons (Fsp3) is 0.800.